The first-order chi connectivity index (χ1) is 14.1. The van der Waals surface area contributed by atoms with Crippen molar-refractivity contribution in [3.05, 3.63) is 64.8 Å². The molecule has 0 amide bonds. The topological polar surface area (TPSA) is 54.3 Å². The predicted molar refractivity (Wildman–Crippen MR) is 113 cm³/mol. The fraction of sp³-hybridized carbons (Fsp3) is 0.348. The highest BCUT2D eigenvalue weighted by atomic mass is 19.1. The van der Waals surface area contributed by atoms with Crippen molar-refractivity contribution in [3.63, 3.8) is 0 Å². The Morgan fingerprint density at radius 2 is 1.93 bits per heavy atom. The minimum absolute atomic E-state index is 0.117. The number of aromatic hydroxyl groups is 1. The van der Waals surface area contributed by atoms with Gasteiger partial charge < -0.3 is 10.4 Å². The highest BCUT2D eigenvalue weighted by Crippen LogP contribution is 2.37. The van der Waals surface area contributed by atoms with Gasteiger partial charge >= 0.3 is 0 Å². The minimum atomic E-state index is -0.242. The summed E-state index contributed by atoms with van der Waals surface area (Å²) in [6.45, 7) is 3.87. The number of halogens is 1. The number of quaternary nitrogens is 1. The summed E-state index contributed by atoms with van der Waals surface area (Å²) in [5.41, 5.74) is 1.05. The minimum Gasteiger partial charge on any atom is -0.508 e. The average molecular weight is 394 g/mol. The van der Waals surface area contributed by atoms with Crippen LogP contribution in [0.25, 0.3) is 16.5 Å². The molecule has 29 heavy (non-hydrogen) atoms. The van der Waals surface area contributed by atoms with Gasteiger partial charge in [-0.2, -0.15) is 0 Å². The molecule has 0 saturated carbocycles. The lowest BCUT2D eigenvalue weighted by atomic mass is 10.1. The van der Waals surface area contributed by atoms with E-state index in [4.69, 9.17) is 0 Å². The molecule has 3 heterocycles. The summed E-state index contributed by atoms with van der Waals surface area (Å²) < 4.78 is 17.6. The predicted octanol–water partition coefficient (Wildman–Crippen LogP) is 3.30. The third kappa shape index (κ3) is 2.94. The zero-order chi connectivity index (χ0) is 20.0. The van der Waals surface area contributed by atoms with Crippen molar-refractivity contribution in [2.45, 2.75) is 25.3 Å². The highest BCUT2D eigenvalue weighted by molar-refractivity contribution is 5.83. The van der Waals surface area contributed by atoms with Gasteiger partial charge in [0.1, 0.15) is 11.8 Å². The Balaban J connectivity index is 1.58. The van der Waals surface area contributed by atoms with E-state index in [1.165, 1.54) is 16.7 Å². The number of hydrogen-bond acceptors (Lipinski definition) is 3. The van der Waals surface area contributed by atoms with Crippen molar-refractivity contribution < 1.29 is 9.50 Å². The summed E-state index contributed by atoms with van der Waals surface area (Å²) >= 11 is 0. The molecule has 1 aromatic heterocycles. The highest BCUT2D eigenvalue weighted by Gasteiger charge is 2.44. The Kier molecular flexibility index (Phi) is 4.41. The molecule has 0 unspecified atom stereocenters. The van der Waals surface area contributed by atoms with Crippen molar-refractivity contribution in [1.29, 1.82) is 0 Å². The van der Waals surface area contributed by atoms with Gasteiger partial charge in [-0.1, -0.05) is 0 Å². The Labute approximate surface area is 168 Å². The molecule has 2 aromatic carbocycles. The molecule has 2 aliphatic heterocycles. The zero-order valence-electron chi connectivity index (χ0n) is 16.3. The summed E-state index contributed by atoms with van der Waals surface area (Å²) in [4.78, 5) is 12.9. The van der Waals surface area contributed by atoms with Gasteiger partial charge in [-0.05, 0) is 35.7 Å². The molecule has 0 aliphatic carbocycles. The van der Waals surface area contributed by atoms with Gasteiger partial charge in [0.2, 0.25) is 0 Å². The first-order valence-corrected chi connectivity index (χ1v) is 10.3. The van der Waals surface area contributed by atoms with Crippen LogP contribution in [-0.4, -0.2) is 41.9 Å². The van der Waals surface area contributed by atoms with Crippen molar-refractivity contribution in [2.75, 3.05) is 26.2 Å². The lowest BCUT2D eigenvalue weighted by Crippen LogP contribution is -2.56. The lowest BCUT2D eigenvalue weighted by molar-refractivity contribution is 0.249. The molecule has 5 rings (SSSR count). The Morgan fingerprint density at radius 3 is 2.66 bits per heavy atom. The second-order valence-electron chi connectivity index (χ2n) is 8.23. The molecule has 150 valence electrons. The van der Waals surface area contributed by atoms with E-state index >= 15 is 4.39 Å². The van der Waals surface area contributed by atoms with Crippen LogP contribution in [0.1, 0.15) is 19.3 Å². The van der Waals surface area contributed by atoms with Crippen LogP contribution in [0.15, 0.2) is 53.5 Å². The molecule has 0 spiro atoms. The van der Waals surface area contributed by atoms with Crippen molar-refractivity contribution >= 4 is 16.5 Å². The van der Waals surface area contributed by atoms with Gasteiger partial charge in [0.15, 0.2) is 11.5 Å². The summed E-state index contributed by atoms with van der Waals surface area (Å²) in [7, 11) is 0. The Hall–Kier alpha value is -2.70. The molecule has 0 bridgehead atoms. The van der Waals surface area contributed by atoms with Gasteiger partial charge in [-0.25, -0.2) is 4.39 Å². The SMILES string of the molecule is O=c1c2ccc(O)cc2ccn1-c1ccc([N+]2([C@@H]3CCNC3)CCCC2)c(F)c1. The molecule has 1 atom stereocenters. The molecule has 2 saturated heterocycles. The monoisotopic (exact) mass is 394 g/mol. The third-order valence-corrected chi connectivity index (χ3v) is 6.67. The van der Waals surface area contributed by atoms with Gasteiger partial charge in [-0.15, -0.1) is 0 Å². The van der Waals surface area contributed by atoms with Crippen LogP contribution in [0.5, 0.6) is 5.75 Å². The first kappa shape index (κ1) is 18.3. The quantitative estimate of drug-likeness (QED) is 0.671. The number of nitrogens with one attached hydrogen (secondary N) is 1. The number of fused-ring (bicyclic) bond motifs is 1. The molecule has 2 N–H and O–H groups in total. The van der Waals surface area contributed by atoms with Crippen molar-refractivity contribution in [1.82, 2.24) is 14.4 Å². The number of benzene rings is 2. The van der Waals surface area contributed by atoms with Gasteiger partial charge in [-0.3, -0.25) is 13.8 Å². The van der Waals surface area contributed by atoms with E-state index in [2.05, 4.69) is 5.32 Å². The Morgan fingerprint density at radius 1 is 1.10 bits per heavy atom. The van der Waals surface area contributed by atoms with Gasteiger partial charge in [0.05, 0.1) is 18.8 Å². The van der Waals surface area contributed by atoms with Crippen LogP contribution in [0.2, 0.25) is 0 Å². The third-order valence-electron chi connectivity index (χ3n) is 6.67. The molecule has 2 aliphatic rings. The molecule has 0 radical (unpaired) electrons. The van der Waals surface area contributed by atoms with E-state index in [9.17, 15) is 9.90 Å². The van der Waals surface area contributed by atoms with Crippen LogP contribution in [0.3, 0.4) is 0 Å². The number of nitrogens with zero attached hydrogens (tertiary/aromatic N) is 2. The van der Waals surface area contributed by atoms with Crippen molar-refractivity contribution in [3.8, 4) is 11.4 Å². The van der Waals surface area contributed by atoms with Crippen LogP contribution in [0.4, 0.5) is 10.1 Å². The van der Waals surface area contributed by atoms with E-state index in [0.717, 1.165) is 51.1 Å². The molecule has 2 fully saturated rings. The number of phenolic OH excluding ortho intramolecular Hbond substituents is 1. The average Bonchev–Trinajstić information content (AvgIpc) is 3.41. The normalized spacial score (nSPS) is 21.1. The molecular weight excluding hydrogens is 369 g/mol. The largest absolute Gasteiger partial charge is 0.508 e. The summed E-state index contributed by atoms with van der Waals surface area (Å²) in [5, 5.41) is 14.2. The lowest BCUT2D eigenvalue weighted by Gasteiger charge is -2.39. The molecular formula is C23H25FN3O2+. The fourth-order valence-electron chi connectivity index (χ4n) is 5.21. The maximum atomic E-state index is 15.4. The van der Waals surface area contributed by atoms with E-state index in [0.29, 0.717) is 27.0 Å². The zero-order valence-corrected chi connectivity index (χ0v) is 16.3. The maximum Gasteiger partial charge on any atom is 0.262 e. The van der Waals surface area contributed by atoms with Crippen LogP contribution >= 0.6 is 0 Å². The summed E-state index contributed by atoms with van der Waals surface area (Å²) in [6, 6.07) is 12.1. The van der Waals surface area contributed by atoms with Gasteiger partial charge in [0, 0.05) is 56.1 Å². The number of aromatic nitrogens is 1. The smallest absolute Gasteiger partial charge is 0.262 e. The number of rotatable bonds is 3. The molecule has 6 heteroatoms. The number of phenols is 1. The number of pyridine rings is 1. The van der Waals surface area contributed by atoms with E-state index in [-0.39, 0.29) is 17.1 Å². The second-order valence-corrected chi connectivity index (χ2v) is 8.23. The van der Waals surface area contributed by atoms with Crippen LogP contribution in [-0.2, 0) is 0 Å². The number of likely N-dealkylation sites (tertiary alicyclic amines) is 1. The Bertz CT molecular complexity index is 1130. The maximum absolute atomic E-state index is 15.4. The molecule has 5 nitrogen and oxygen atoms in total. The standard InChI is InChI=1S/C23H24FN3O2/c24-21-14-17(26-10-8-16-13-19(28)4-5-20(16)23(26)29)3-6-22(21)27(11-1-2-12-27)18-7-9-25-15-18/h3-6,8,10,13-14,18,25H,1-2,7,9,11-12,15H2/p+1/t18-/m1/s1. The van der Waals surface area contributed by atoms with E-state index in [1.54, 1.807) is 24.4 Å². The molecule has 3 aromatic rings. The summed E-state index contributed by atoms with van der Waals surface area (Å²) in [5.74, 6) is -0.125. The van der Waals surface area contributed by atoms with Gasteiger partial charge in [0.25, 0.3) is 5.56 Å². The van der Waals surface area contributed by atoms with Crippen LogP contribution in [0, 0.1) is 5.82 Å². The van der Waals surface area contributed by atoms with E-state index in [1.807, 2.05) is 12.1 Å². The number of hydrogen-bond donors (Lipinski definition) is 2. The summed E-state index contributed by atoms with van der Waals surface area (Å²) in [6.07, 6.45) is 4.95. The first-order valence-electron chi connectivity index (χ1n) is 10.3. The second kappa shape index (κ2) is 6.97. The fourth-order valence-corrected chi connectivity index (χ4v) is 5.21. The van der Waals surface area contributed by atoms with Crippen molar-refractivity contribution in [2.24, 2.45) is 0 Å². The van der Waals surface area contributed by atoms with E-state index < -0.39 is 0 Å². The van der Waals surface area contributed by atoms with Crippen LogP contribution < -0.4 is 15.4 Å².